The molecule has 0 heterocycles. The average molecular weight is 387 g/mol. The van der Waals surface area contributed by atoms with Crippen LogP contribution in [0.4, 0.5) is 5.69 Å². The first-order chi connectivity index (χ1) is 13.7. The smallest absolute Gasteiger partial charge is 0.196 e. The zero-order valence-electron chi connectivity index (χ0n) is 16.7. The minimum absolute atomic E-state index is 0.107. The van der Waals surface area contributed by atoms with Gasteiger partial charge in [0.25, 0.3) is 0 Å². The Bertz CT molecular complexity index is 765. The average Bonchev–Trinajstić information content (AvgIpc) is 2.71. The van der Waals surface area contributed by atoms with Crippen molar-refractivity contribution in [3.8, 4) is 17.2 Å². The van der Waals surface area contributed by atoms with Crippen molar-refractivity contribution in [2.45, 2.75) is 19.9 Å². The molecule has 2 aromatic carbocycles. The summed E-state index contributed by atoms with van der Waals surface area (Å²) < 4.78 is 15.9. The maximum Gasteiger partial charge on any atom is 0.196 e. The van der Waals surface area contributed by atoms with Crippen LogP contribution in [0.25, 0.3) is 0 Å². The number of ether oxygens (including phenoxy) is 3. The number of benzene rings is 2. The third kappa shape index (κ3) is 6.66. The Labute approximate surface area is 166 Å². The lowest BCUT2D eigenvalue weighted by Gasteiger charge is -2.13. The summed E-state index contributed by atoms with van der Waals surface area (Å²) in [7, 11) is 3.20. The van der Waals surface area contributed by atoms with Gasteiger partial charge in [0, 0.05) is 44.0 Å². The van der Waals surface area contributed by atoms with Crippen LogP contribution in [0.3, 0.4) is 0 Å². The lowest BCUT2D eigenvalue weighted by atomic mass is 10.2. The molecular formula is C21H29N3O4. The lowest BCUT2D eigenvalue weighted by molar-refractivity contribution is 0.172. The summed E-state index contributed by atoms with van der Waals surface area (Å²) in [5.74, 6) is 1.93. The fraction of sp³-hybridized carbons (Fsp3) is 0.381. The van der Waals surface area contributed by atoms with Crippen LogP contribution in [-0.2, 0) is 11.3 Å². The van der Waals surface area contributed by atoms with E-state index in [-0.39, 0.29) is 5.75 Å². The molecular weight excluding hydrogens is 358 g/mol. The molecule has 0 bridgehead atoms. The summed E-state index contributed by atoms with van der Waals surface area (Å²) in [5, 5.41) is 16.7. The van der Waals surface area contributed by atoms with Gasteiger partial charge in [-0.15, -0.1) is 0 Å². The molecule has 0 aromatic heterocycles. The molecule has 0 aliphatic rings. The van der Waals surface area contributed by atoms with Gasteiger partial charge in [-0.3, -0.25) is 0 Å². The highest BCUT2D eigenvalue weighted by Crippen LogP contribution is 2.29. The van der Waals surface area contributed by atoms with Crippen molar-refractivity contribution < 1.29 is 19.3 Å². The highest BCUT2D eigenvalue weighted by molar-refractivity contribution is 5.93. The summed E-state index contributed by atoms with van der Waals surface area (Å²) in [6.45, 7) is 4.29. The number of nitrogens with zero attached hydrogens (tertiary/aromatic N) is 1. The molecule has 7 nitrogen and oxygen atoms in total. The van der Waals surface area contributed by atoms with E-state index in [1.54, 1.807) is 13.2 Å². The second-order valence-electron chi connectivity index (χ2n) is 6.01. The molecule has 0 atom stereocenters. The number of anilines is 1. The summed E-state index contributed by atoms with van der Waals surface area (Å²) in [6.07, 6.45) is 0.836. The molecule has 0 unspecified atom stereocenters. The normalized spacial score (nSPS) is 11.2. The van der Waals surface area contributed by atoms with Gasteiger partial charge in [0.2, 0.25) is 0 Å². The number of phenols is 1. The van der Waals surface area contributed by atoms with Crippen LogP contribution in [-0.4, -0.2) is 45.0 Å². The zero-order valence-corrected chi connectivity index (χ0v) is 16.7. The highest BCUT2D eigenvalue weighted by atomic mass is 16.5. The lowest BCUT2D eigenvalue weighted by Crippen LogP contribution is -2.30. The number of phenolic OH excluding ortho intramolecular Hbond substituents is 1. The van der Waals surface area contributed by atoms with Gasteiger partial charge in [0.15, 0.2) is 17.5 Å². The van der Waals surface area contributed by atoms with Gasteiger partial charge in [-0.25, -0.2) is 4.99 Å². The van der Waals surface area contributed by atoms with E-state index in [1.807, 2.05) is 43.3 Å². The summed E-state index contributed by atoms with van der Waals surface area (Å²) in [6, 6.07) is 13.1. The molecule has 2 rings (SSSR count). The number of guanidine groups is 1. The molecule has 3 N–H and O–H groups in total. The highest BCUT2D eigenvalue weighted by Gasteiger charge is 2.07. The topological polar surface area (TPSA) is 84.3 Å². The van der Waals surface area contributed by atoms with Crippen molar-refractivity contribution in [2.75, 3.05) is 39.3 Å². The van der Waals surface area contributed by atoms with Gasteiger partial charge in [-0.05, 0) is 25.1 Å². The van der Waals surface area contributed by atoms with Gasteiger partial charge in [-0.2, -0.15) is 0 Å². The molecule has 0 amide bonds. The summed E-state index contributed by atoms with van der Waals surface area (Å²) >= 11 is 0. The van der Waals surface area contributed by atoms with Gasteiger partial charge < -0.3 is 30.0 Å². The minimum atomic E-state index is 0.107. The molecule has 0 aliphatic carbocycles. The fourth-order valence-corrected chi connectivity index (χ4v) is 2.53. The molecule has 0 fully saturated rings. The van der Waals surface area contributed by atoms with Crippen LogP contribution in [0.1, 0.15) is 18.9 Å². The predicted octanol–water partition coefficient (Wildman–Crippen LogP) is 3.39. The third-order valence-corrected chi connectivity index (χ3v) is 3.91. The number of aromatic hydroxyl groups is 1. The number of para-hydroxylation sites is 1. The monoisotopic (exact) mass is 387 g/mol. The zero-order chi connectivity index (χ0) is 20.2. The van der Waals surface area contributed by atoms with E-state index in [1.165, 1.54) is 7.11 Å². The Morgan fingerprint density at radius 1 is 1.11 bits per heavy atom. The number of hydrogen-bond acceptors (Lipinski definition) is 5. The summed E-state index contributed by atoms with van der Waals surface area (Å²) in [4.78, 5) is 4.55. The Morgan fingerprint density at radius 3 is 2.68 bits per heavy atom. The SMILES string of the molecule is CCNC(=NCc1cccc(OC)c1O)Nc1cccc(OCCCOC)c1. The van der Waals surface area contributed by atoms with Crippen LogP contribution in [0.5, 0.6) is 17.2 Å². The number of hydrogen-bond donors (Lipinski definition) is 3. The Morgan fingerprint density at radius 2 is 1.93 bits per heavy atom. The van der Waals surface area contributed by atoms with E-state index in [0.717, 1.165) is 17.9 Å². The largest absolute Gasteiger partial charge is 0.504 e. The van der Waals surface area contributed by atoms with Crippen molar-refractivity contribution in [3.05, 3.63) is 48.0 Å². The summed E-state index contributed by atoms with van der Waals surface area (Å²) in [5.41, 5.74) is 1.55. The van der Waals surface area contributed by atoms with E-state index in [9.17, 15) is 5.11 Å². The molecule has 0 saturated carbocycles. The Balaban J connectivity index is 2.05. The Hall–Kier alpha value is -2.93. The van der Waals surface area contributed by atoms with Crippen molar-refractivity contribution in [1.29, 1.82) is 0 Å². The minimum Gasteiger partial charge on any atom is -0.504 e. The first kappa shape index (κ1) is 21.4. The number of nitrogens with one attached hydrogen (secondary N) is 2. The first-order valence-corrected chi connectivity index (χ1v) is 9.30. The number of methoxy groups -OCH3 is 2. The second-order valence-corrected chi connectivity index (χ2v) is 6.01. The van der Waals surface area contributed by atoms with Crippen LogP contribution in [0, 0.1) is 0 Å². The van der Waals surface area contributed by atoms with Gasteiger partial charge in [-0.1, -0.05) is 18.2 Å². The van der Waals surface area contributed by atoms with Crippen LogP contribution in [0.2, 0.25) is 0 Å². The molecule has 28 heavy (non-hydrogen) atoms. The van der Waals surface area contributed by atoms with Gasteiger partial charge in [0.05, 0.1) is 20.3 Å². The maximum atomic E-state index is 10.2. The molecule has 7 heteroatoms. The third-order valence-electron chi connectivity index (χ3n) is 3.91. The van der Waals surface area contributed by atoms with Crippen molar-refractivity contribution in [2.24, 2.45) is 4.99 Å². The van der Waals surface area contributed by atoms with E-state index in [4.69, 9.17) is 14.2 Å². The van der Waals surface area contributed by atoms with E-state index in [0.29, 0.717) is 43.6 Å². The van der Waals surface area contributed by atoms with Crippen molar-refractivity contribution in [3.63, 3.8) is 0 Å². The Kier molecular flexibility index (Phi) is 8.94. The van der Waals surface area contributed by atoms with Gasteiger partial charge in [0.1, 0.15) is 5.75 Å². The van der Waals surface area contributed by atoms with E-state index < -0.39 is 0 Å². The standard InChI is InChI=1S/C21H29N3O4/c1-4-22-21(23-15-16-8-5-11-19(27-3)20(16)25)24-17-9-6-10-18(14-17)28-13-7-12-26-2/h5-6,8-11,14,25H,4,7,12-13,15H2,1-3H3,(H2,22,23,24). The van der Waals surface area contributed by atoms with E-state index in [2.05, 4.69) is 15.6 Å². The van der Waals surface area contributed by atoms with Crippen molar-refractivity contribution >= 4 is 11.6 Å². The van der Waals surface area contributed by atoms with Crippen LogP contribution < -0.4 is 20.1 Å². The molecule has 2 aromatic rings. The number of rotatable bonds is 10. The van der Waals surface area contributed by atoms with Crippen LogP contribution >= 0.6 is 0 Å². The quantitative estimate of drug-likeness (QED) is 0.329. The maximum absolute atomic E-state index is 10.2. The fourth-order valence-electron chi connectivity index (χ4n) is 2.53. The first-order valence-electron chi connectivity index (χ1n) is 9.30. The second kappa shape index (κ2) is 11.7. The molecule has 0 aliphatic heterocycles. The van der Waals surface area contributed by atoms with E-state index >= 15 is 0 Å². The number of aliphatic imine (C=N–C) groups is 1. The van der Waals surface area contributed by atoms with Crippen molar-refractivity contribution in [1.82, 2.24) is 5.32 Å². The van der Waals surface area contributed by atoms with Gasteiger partial charge >= 0.3 is 0 Å². The molecule has 0 saturated heterocycles. The predicted molar refractivity (Wildman–Crippen MR) is 112 cm³/mol. The molecule has 152 valence electrons. The van der Waals surface area contributed by atoms with Crippen LogP contribution in [0.15, 0.2) is 47.5 Å². The molecule has 0 radical (unpaired) electrons. The molecule has 0 spiro atoms.